The van der Waals surface area contributed by atoms with Gasteiger partial charge in [-0.3, -0.25) is 19.5 Å². The van der Waals surface area contributed by atoms with Crippen molar-refractivity contribution in [2.45, 2.75) is 4.90 Å². The Hall–Kier alpha value is -4.70. The van der Waals surface area contributed by atoms with Crippen LogP contribution in [-0.4, -0.2) is 50.7 Å². The van der Waals surface area contributed by atoms with E-state index in [-0.39, 0.29) is 39.4 Å². The van der Waals surface area contributed by atoms with E-state index in [9.17, 15) is 37.8 Å². The molecule has 0 saturated carbocycles. The van der Waals surface area contributed by atoms with E-state index >= 15 is 0 Å². The molecule has 0 radical (unpaired) electrons. The van der Waals surface area contributed by atoms with E-state index in [1.165, 1.54) is 13.2 Å². The molecule has 2 heterocycles. The van der Waals surface area contributed by atoms with Gasteiger partial charge < -0.3 is 14.8 Å². The molecule has 15 nitrogen and oxygen atoms in total. The number of nitro groups is 1. The number of aromatic nitrogens is 3. The average molecular weight is 488 g/mol. The predicted molar refractivity (Wildman–Crippen MR) is 114 cm³/mol. The maximum absolute atomic E-state index is 12.6. The largest absolute Gasteiger partial charge is 0.494 e. The second-order valence-corrected chi connectivity index (χ2v) is 8.11. The molecule has 0 atom stereocenters. The normalized spacial score (nSPS) is 11.9. The fourth-order valence-electron chi connectivity index (χ4n) is 3.12. The molecular formula is C18H12N6O9S. The lowest BCUT2D eigenvalue weighted by Gasteiger charge is -2.05. The Labute approximate surface area is 187 Å². The fraction of sp³-hybridized carbons (Fsp3) is 0.0556. The Bertz CT molecular complexity index is 1700. The summed E-state index contributed by atoms with van der Waals surface area (Å²) >= 11 is 0. The minimum absolute atomic E-state index is 0.0238. The zero-order valence-corrected chi connectivity index (χ0v) is 17.7. The number of ether oxygens (including phenoxy) is 1. The number of aromatic amines is 1. The smallest absolute Gasteiger partial charge is 0.358 e. The summed E-state index contributed by atoms with van der Waals surface area (Å²) in [5, 5.41) is 32.2. The van der Waals surface area contributed by atoms with Crippen molar-refractivity contribution in [3.8, 4) is 5.75 Å². The minimum atomic E-state index is -4.52. The van der Waals surface area contributed by atoms with Crippen molar-refractivity contribution < 1.29 is 32.5 Å². The Morgan fingerprint density at radius 1 is 1.24 bits per heavy atom. The standard InChI is InChI=1S/C18H12N6O9S/c1-33-13-7-9(34(30,31)32)3-4-11(13)20-21-14-15(18(26)27)22-23-12-5-2-8(24(28)29)6-10(12)17(25)19-16(14)23/h2-7H,1H3,(H,19,25)(H,26,27)(H,30,31,32). The zero-order valence-electron chi connectivity index (χ0n) is 16.9. The first kappa shape index (κ1) is 22.5. The van der Waals surface area contributed by atoms with Crippen LogP contribution in [0.1, 0.15) is 10.5 Å². The van der Waals surface area contributed by atoms with Crippen LogP contribution in [-0.2, 0) is 10.1 Å². The van der Waals surface area contributed by atoms with E-state index in [1.807, 2.05) is 0 Å². The van der Waals surface area contributed by atoms with Crippen molar-refractivity contribution >= 4 is 49.7 Å². The molecule has 3 N–H and O–H groups in total. The van der Waals surface area contributed by atoms with Crippen LogP contribution < -0.4 is 10.3 Å². The molecule has 0 unspecified atom stereocenters. The molecule has 2 aromatic carbocycles. The number of hydrogen-bond acceptors (Lipinski definition) is 10. The van der Waals surface area contributed by atoms with E-state index in [0.717, 1.165) is 34.8 Å². The number of aromatic carboxylic acids is 1. The highest BCUT2D eigenvalue weighted by Crippen LogP contribution is 2.33. The van der Waals surface area contributed by atoms with Crippen LogP contribution in [0.3, 0.4) is 0 Å². The maximum atomic E-state index is 12.6. The van der Waals surface area contributed by atoms with E-state index in [4.69, 9.17) is 4.74 Å². The highest BCUT2D eigenvalue weighted by Gasteiger charge is 2.23. The number of hydrogen-bond donors (Lipinski definition) is 3. The molecule has 0 aliphatic heterocycles. The lowest BCUT2D eigenvalue weighted by atomic mass is 10.2. The van der Waals surface area contributed by atoms with Gasteiger partial charge in [0.25, 0.3) is 21.4 Å². The van der Waals surface area contributed by atoms with E-state index in [2.05, 4.69) is 20.3 Å². The lowest BCUT2D eigenvalue weighted by Crippen LogP contribution is -2.10. The van der Waals surface area contributed by atoms with Crippen LogP contribution >= 0.6 is 0 Å². The average Bonchev–Trinajstić information content (AvgIpc) is 3.15. The molecule has 0 fully saturated rings. The van der Waals surface area contributed by atoms with Crippen molar-refractivity contribution in [1.29, 1.82) is 0 Å². The number of non-ortho nitro benzene ring substituents is 1. The third kappa shape index (κ3) is 3.82. The Morgan fingerprint density at radius 3 is 2.59 bits per heavy atom. The van der Waals surface area contributed by atoms with Crippen molar-refractivity contribution in [1.82, 2.24) is 14.6 Å². The summed E-state index contributed by atoms with van der Waals surface area (Å²) in [5.74, 6) is -1.60. The molecule has 4 rings (SSSR count). The zero-order chi connectivity index (χ0) is 24.8. The van der Waals surface area contributed by atoms with Gasteiger partial charge in [-0.2, -0.15) is 13.5 Å². The van der Waals surface area contributed by atoms with Crippen molar-refractivity contribution in [2.24, 2.45) is 10.2 Å². The van der Waals surface area contributed by atoms with E-state index in [1.54, 1.807) is 0 Å². The summed E-state index contributed by atoms with van der Waals surface area (Å²) in [5.41, 5.74) is -2.11. The molecular weight excluding hydrogens is 476 g/mol. The number of carboxylic acids is 1. The van der Waals surface area contributed by atoms with Gasteiger partial charge >= 0.3 is 5.97 Å². The van der Waals surface area contributed by atoms with Crippen molar-refractivity contribution in [3.05, 3.63) is 62.6 Å². The first-order valence-electron chi connectivity index (χ1n) is 9.05. The fourth-order valence-corrected chi connectivity index (χ4v) is 3.61. The van der Waals surface area contributed by atoms with Gasteiger partial charge in [-0.1, -0.05) is 0 Å². The molecule has 0 saturated heterocycles. The van der Waals surface area contributed by atoms with Gasteiger partial charge in [0.2, 0.25) is 0 Å². The van der Waals surface area contributed by atoms with Gasteiger partial charge in [0.15, 0.2) is 17.0 Å². The second-order valence-electron chi connectivity index (χ2n) is 6.68. The van der Waals surface area contributed by atoms with Crippen LogP contribution in [0.2, 0.25) is 0 Å². The topological polar surface area (TPSA) is 219 Å². The monoisotopic (exact) mass is 488 g/mol. The van der Waals surface area contributed by atoms with Gasteiger partial charge in [-0.05, 0) is 18.2 Å². The van der Waals surface area contributed by atoms with Gasteiger partial charge in [0, 0.05) is 18.2 Å². The molecule has 174 valence electrons. The van der Waals surface area contributed by atoms with Gasteiger partial charge in [0.05, 0.1) is 27.8 Å². The van der Waals surface area contributed by atoms with Crippen LogP contribution in [0, 0.1) is 10.1 Å². The molecule has 4 aromatic rings. The van der Waals surface area contributed by atoms with Crippen LogP contribution in [0.4, 0.5) is 17.1 Å². The Balaban J connectivity index is 1.93. The Kier molecular flexibility index (Phi) is 5.30. The molecule has 16 heteroatoms. The van der Waals surface area contributed by atoms with Gasteiger partial charge in [-0.15, -0.1) is 10.2 Å². The number of carboxylic acid groups (broad SMARTS) is 1. The number of H-pyrrole nitrogens is 1. The molecule has 0 amide bonds. The van der Waals surface area contributed by atoms with Crippen LogP contribution in [0.5, 0.6) is 5.75 Å². The highest BCUT2D eigenvalue weighted by molar-refractivity contribution is 7.85. The van der Waals surface area contributed by atoms with Crippen LogP contribution in [0.25, 0.3) is 16.6 Å². The minimum Gasteiger partial charge on any atom is -0.494 e. The number of methoxy groups -OCH3 is 1. The summed E-state index contributed by atoms with van der Waals surface area (Å²) in [7, 11) is -3.31. The first-order valence-corrected chi connectivity index (χ1v) is 10.5. The Morgan fingerprint density at radius 2 is 1.97 bits per heavy atom. The third-order valence-corrected chi connectivity index (χ3v) is 5.52. The SMILES string of the molecule is COc1cc(S(=O)(=O)O)ccc1N=Nc1c(C(=O)O)nn2c1[nH]c(=O)c1cc([N+](=O)[O-])ccc12. The number of carbonyl (C=O) groups is 1. The van der Waals surface area contributed by atoms with E-state index in [0.29, 0.717) is 0 Å². The summed E-state index contributed by atoms with van der Waals surface area (Å²) < 4.78 is 37.9. The molecule has 0 bridgehead atoms. The molecule has 0 spiro atoms. The van der Waals surface area contributed by atoms with Crippen LogP contribution in [0.15, 0.2) is 56.3 Å². The number of nitrogens with zero attached hydrogens (tertiary/aromatic N) is 5. The van der Waals surface area contributed by atoms with Crippen molar-refractivity contribution in [3.63, 3.8) is 0 Å². The summed E-state index contributed by atoms with van der Waals surface area (Å²) in [4.78, 5) is 36.6. The molecule has 0 aliphatic carbocycles. The number of fused-ring (bicyclic) bond motifs is 3. The van der Waals surface area contributed by atoms with Gasteiger partial charge in [0.1, 0.15) is 11.4 Å². The van der Waals surface area contributed by atoms with Crippen molar-refractivity contribution in [2.75, 3.05) is 7.11 Å². The van der Waals surface area contributed by atoms with E-state index < -0.39 is 37.2 Å². The maximum Gasteiger partial charge on any atom is 0.358 e. The second kappa shape index (κ2) is 8.01. The summed E-state index contributed by atoms with van der Waals surface area (Å²) in [6.45, 7) is 0. The number of nitrogens with one attached hydrogen (secondary N) is 1. The highest BCUT2D eigenvalue weighted by atomic mass is 32.2. The van der Waals surface area contributed by atoms with Gasteiger partial charge in [-0.25, -0.2) is 9.31 Å². The lowest BCUT2D eigenvalue weighted by molar-refractivity contribution is -0.384. The summed E-state index contributed by atoms with van der Waals surface area (Å²) in [6.07, 6.45) is 0. The molecule has 34 heavy (non-hydrogen) atoms. The third-order valence-electron chi connectivity index (χ3n) is 4.67. The number of benzene rings is 2. The number of azo groups is 1. The summed E-state index contributed by atoms with van der Waals surface area (Å²) in [6, 6.07) is 6.58. The molecule has 0 aliphatic rings. The predicted octanol–water partition coefficient (Wildman–Crippen LogP) is 2.45. The number of rotatable bonds is 6. The quantitative estimate of drug-likeness (QED) is 0.156. The molecule has 2 aromatic heterocycles. The first-order chi connectivity index (χ1) is 16.0. The number of nitro benzene ring substituents is 1.